The van der Waals surface area contributed by atoms with Crippen molar-refractivity contribution >= 4 is 11.9 Å². The van der Waals surface area contributed by atoms with Crippen LogP contribution in [0.3, 0.4) is 0 Å². The van der Waals surface area contributed by atoms with Crippen molar-refractivity contribution in [3.63, 3.8) is 0 Å². The highest BCUT2D eigenvalue weighted by atomic mass is 16.4. The van der Waals surface area contributed by atoms with E-state index in [2.05, 4.69) is 6.58 Å². The van der Waals surface area contributed by atoms with E-state index >= 15 is 0 Å². The molecule has 0 aromatic rings. The molecule has 0 saturated carbocycles. The SMILES string of the molecule is C=CCC(C)=C(C)C(C(=O)O)C(=O)O. The van der Waals surface area contributed by atoms with Crippen LogP contribution >= 0.6 is 0 Å². The fraction of sp³-hybridized carbons (Fsp3) is 0.400. The van der Waals surface area contributed by atoms with Crippen molar-refractivity contribution in [3.05, 3.63) is 23.8 Å². The van der Waals surface area contributed by atoms with Gasteiger partial charge in [-0.25, -0.2) is 0 Å². The van der Waals surface area contributed by atoms with Gasteiger partial charge in [0, 0.05) is 0 Å². The molecule has 0 radical (unpaired) electrons. The Morgan fingerprint density at radius 3 is 2.00 bits per heavy atom. The quantitative estimate of drug-likeness (QED) is 0.520. The van der Waals surface area contributed by atoms with E-state index in [0.29, 0.717) is 12.0 Å². The summed E-state index contributed by atoms with van der Waals surface area (Å²) in [4.78, 5) is 21.3. The monoisotopic (exact) mass is 198 g/mol. The van der Waals surface area contributed by atoms with Gasteiger partial charge in [-0.1, -0.05) is 11.6 Å². The molecule has 78 valence electrons. The highest BCUT2D eigenvalue weighted by Crippen LogP contribution is 2.18. The lowest BCUT2D eigenvalue weighted by Gasteiger charge is -2.10. The van der Waals surface area contributed by atoms with Crippen molar-refractivity contribution in [1.82, 2.24) is 0 Å². The molecule has 0 rings (SSSR count). The van der Waals surface area contributed by atoms with Crippen LogP contribution < -0.4 is 0 Å². The summed E-state index contributed by atoms with van der Waals surface area (Å²) in [6.07, 6.45) is 2.11. The Bertz CT molecular complexity index is 274. The first kappa shape index (κ1) is 12.4. The number of carboxylic acid groups (broad SMARTS) is 2. The van der Waals surface area contributed by atoms with Gasteiger partial charge < -0.3 is 10.2 Å². The van der Waals surface area contributed by atoms with Gasteiger partial charge in [-0.2, -0.15) is 0 Å². The first-order valence-corrected chi connectivity index (χ1v) is 4.14. The molecular weight excluding hydrogens is 184 g/mol. The van der Waals surface area contributed by atoms with Crippen LogP contribution in [0.4, 0.5) is 0 Å². The summed E-state index contributed by atoms with van der Waals surface area (Å²) in [5, 5.41) is 17.4. The fourth-order valence-electron chi connectivity index (χ4n) is 1.10. The Labute approximate surface area is 82.6 Å². The second kappa shape index (κ2) is 5.21. The Morgan fingerprint density at radius 1 is 1.29 bits per heavy atom. The van der Waals surface area contributed by atoms with Crippen molar-refractivity contribution in [2.24, 2.45) is 5.92 Å². The van der Waals surface area contributed by atoms with Crippen LogP contribution in [-0.2, 0) is 9.59 Å². The third-order valence-electron chi connectivity index (χ3n) is 2.05. The van der Waals surface area contributed by atoms with Gasteiger partial charge in [0.2, 0.25) is 0 Å². The molecule has 0 aliphatic heterocycles. The van der Waals surface area contributed by atoms with E-state index in [9.17, 15) is 9.59 Å². The van der Waals surface area contributed by atoms with Gasteiger partial charge in [0.15, 0.2) is 5.92 Å². The second-order valence-corrected chi connectivity index (χ2v) is 3.07. The molecule has 0 bridgehead atoms. The van der Waals surface area contributed by atoms with E-state index in [1.54, 1.807) is 13.0 Å². The zero-order chi connectivity index (χ0) is 11.3. The highest BCUT2D eigenvalue weighted by molar-refractivity contribution is 5.96. The summed E-state index contributed by atoms with van der Waals surface area (Å²) >= 11 is 0. The van der Waals surface area contributed by atoms with Crippen LogP contribution in [0.1, 0.15) is 20.3 Å². The molecule has 4 nitrogen and oxygen atoms in total. The first-order chi connectivity index (χ1) is 6.41. The predicted octanol–water partition coefficient (Wildman–Crippen LogP) is 1.68. The van der Waals surface area contributed by atoms with Gasteiger partial charge in [-0.05, 0) is 25.8 Å². The van der Waals surface area contributed by atoms with Crippen LogP contribution in [0.15, 0.2) is 23.8 Å². The third-order valence-corrected chi connectivity index (χ3v) is 2.05. The summed E-state index contributed by atoms with van der Waals surface area (Å²) in [5.74, 6) is -4.12. The standard InChI is InChI=1S/C10H14O4/c1-4-5-6(2)7(3)8(9(11)12)10(13)14/h4,8H,1,5H2,2-3H3,(H,11,12)(H,13,14). The number of allylic oxidation sites excluding steroid dienone is 2. The number of rotatable bonds is 5. The molecule has 0 atom stereocenters. The molecule has 0 amide bonds. The summed E-state index contributed by atoms with van der Waals surface area (Å²) in [6.45, 7) is 6.73. The van der Waals surface area contributed by atoms with Crippen molar-refractivity contribution < 1.29 is 19.8 Å². The molecule has 0 aromatic carbocycles. The molecule has 14 heavy (non-hydrogen) atoms. The van der Waals surface area contributed by atoms with Crippen molar-refractivity contribution in [2.75, 3.05) is 0 Å². The molecule has 0 aromatic heterocycles. The Balaban J connectivity index is 5.02. The topological polar surface area (TPSA) is 74.6 Å². The van der Waals surface area contributed by atoms with E-state index in [-0.39, 0.29) is 0 Å². The van der Waals surface area contributed by atoms with E-state index in [0.717, 1.165) is 5.57 Å². The Morgan fingerprint density at radius 2 is 1.71 bits per heavy atom. The first-order valence-electron chi connectivity index (χ1n) is 4.14. The number of hydrogen-bond acceptors (Lipinski definition) is 2. The lowest BCUT2D eigenvalue weighted by Crippen LogP contribution is -2.25. The molecule has 0 fully saturated rings. The van der Waals surface area contributed by atoms with Gasteiger partial charge in [0.25, 0.3) is 0 Å². The minimum atomic E-state index is -1.45. The van der Waals surface area contributed by atoms with E-state index < -0.39 is 17.9 Å². The zero-order valence-corrected chi connectivity index (χ0v) is 8.28. The fourth-order valence-corrected chi connectivity index (χ4v) is 1.10. The minimum absolute atomic E-state index is 0.366. The molecule has 4 heteroatoms. The zero-order valence-electron chi connectivity index (χ0n) is 8.28. The maximum absolute atomic E-state index is 10.7. The third kappa shape index (κ3) is 3.05. The van der Waals surface area contributed by atoms with Gasteiger partial charge in [0.05, 0.1) is 0 Å². The smallest absolute Gasteiger partial charge is 0.322 e. The van der Waals surface area contributed by atoms with E-state index in [1.165, 1.54) is 6.92 Å². The van der Waals surface area contributed by atoms with Crippen molar-refractivity contribution in [3.8, 4) is 0 Å². The maximum atomic E-state index is 10.7. The molecule has 2 N–H and O–H groups in total. The van der Waals surface area contributed by atoms with Crippen LogP contribution in [0.2, 0.25) is 0 Å². The van der Waals surface area contributed by atoms with Gasteiger partial charge >= 0.3 is 11.9 Å². The van der Waals surface area contributed by atoms with Gasteiger partial charge in [-0.15, -0.1) is 6.58 Å². The number of carbonyl (C=O) groups is 2. The van der Waals surface area contributed by atoms with Crippen LogP contribution in [0, 0.1) is 5.92 Å². The molecule has 0 unspecified atom stereocenters. The average molecular weight is 198 g/mol. The van der Waals surface area contributed by atoms with E-state index in [4.69, 9.17) is 10.2 Å². The maximum Gasteiger partial charge on any atom is 0.322 e. The molecule has 0 saturated heterocycles. The van der Waals surface area contributed by atoms with Crippen LogP contribution in [0.5, 0.6) is 0 Å². The summed E-state index contributed by atoms with van der Waals surface area (Å²) in [6, 6.07) is 0. The Kier molecular flexibility index (Phi) is 4.63. The van der Waals surface area contributed by atoms with Crippen LogP contribution in [0.25, 0.3) is 0 Å². The summed E-state index contributed by atoms with van der Waals surface area (Å²) < 4.78 is 0. The van der Waals surface area contributed by atoms with Crippen molar-refractivity contribution in [2.45, 2.75) is 20.3 Å². The Hall–Kier alpha value is -1.58. The normalized spacial score (nSPS) is 12.2. The minimum Gasteiger partial charge on any atom is -0.480 e. The number of aliphatic carboxylic acids is 2. The molecule has 0 heterocycles. The molecule has 0 spiro atoms. The molecule has 0 aliphatic carbocycles. The van der Waals surface area contributed by atoms with Gasteiger partial charge in [0.1, 0.15) is 0 Å². The summed E-state index contributed by atoms with van der Waals surface area (Å²) in [7, 11) is 0. The second-order valence-electron chi connectivity index (χ2n) is 3.07. The van der Waals surface area contributed by atoms with E-state index in [1.807, 2.05) is 0 Å². The lowest BCUT2D eigenvalue weighted by atomic mass is 9.95. The number of carboxylic acids is 2. The molecular formula is C10H14O4. The summed E-state index contributed by atoms with van der Waals surface area (Å²) in [5.41, 5.74) is 1.10. The lowest BCUT2D eigenvalue weighted by molar-refractivity contribution is -0.152. The largest absolute Gasteiger partial charge is 0.480 e. The predicted molar refractivity (Wildman–Crippen MR) is 51.9 cm³/mol. The van der Waals surface area contributed by atoms with Gasteiger partial charge in [-0.3, -0.25) is 9.59 Å². The number of hydrogen-bond donors (Lipinski definition) is 2. The van der Waals surface area contributed by atoms with Crippen molar-refractivity contribution in [1.29, 1.82) is 0 Å². The average Bonchev–Trinajstić information content (AvgIpc) is 2.03. The molecule has 0 aliphatic rings. The van der Waals surface area contributed by atoms with Crippen LogP contribution in [-0.4, -0.2) is 22.2 Å². The highest BCUT2D eigenvalue weighted by Gasteiger charge is 2.28.